The van der Waals surface area contributed by atoms with Gasteiger partial charge in [0.05, 0.1) is 0 Å². The second-order valence-corrected chi connectivity index (χ2v) is 11.4. The highest BCUT2D eigenvalue weighted by Crippen LogP contribution is 2.25. The van der Waals surface area contributed by atoms with Crippen LogP contribution >= 0.6 is 0 Å². The molecule has 0 aliphatic rings. The molecule has 0 N–H and O–H groups in total. The minimum absolute atomic E-state index is 0.300. The van der Waals surface area contributed by atoms with Crippen molar-refractivity contribution in [2.24, 2.45) is 5.41 Å². The monoisotopic (exact) mass is 452 g/mol. The summed E-state index contributed by atoms with van der Waals surface area (Å²) in [4.78, 5) is 0. The smallest absolute Gasteiger partial charge is 0.0176 e. The zero-order chi connectivity index (χ0) is 25.3. The number of hydrogen-bond donors (Lipinski definition) is 0. The van der Waals surface area contributed by atoms with Gasteiger partial charge >= 0.3 is 0 Å². The van der Waals surface area contributed by atoms with E-state index in [2.05, 4.69) is 106 Å². The van der Waals surface area contributed by atoms with Crippen LogP contribution in [0.15, 0.2) is 69.9 Å². The molecular formula is C33H56. The van der Waals surface area contributed by atoms with Crippen molar-refractivity contribution >= 4 is 0 Å². The van der Waals surface area contributed by atoms with Crippen molar-refractivity contribution in [1.29, 1.82) is 0 Å². The second kappa shape index (κ2) is 17.9. The maximum absolute atomic E-state index is 2.44. The average molecular weight is 453 g/mol. The molecule has 0 atom stereocenters. The minimum atomic E-state index is 0.300. The van der Waals surface area contributed by atoms with E-state index in [1.165, 1.54) is 91.2 Å². The first-order chi connectivity index (χ1) is 15.4. The highest BCUT2D eigenvalue weighted by Gasteiger charge is 2.11. The van der Waals surface area contributed by atoms with E-state index in [9.17, 15) is 0 Å². The molecular weight excluding hydrogens is 396 g/mol. The van der Waals surface area contributed by atoms with Crippen molar-refractivity contribution in [2.75, 3.05) is 0 Å². The summed E-state index contributed by atoms with van der Waals surface area (Å²) in [6, 6.07) is 0. The first-order valence-corrected chi connectivity index (χ1v) is 13.3. The van der Waals surface area contributed by atoms with Gasteiger partial charge in [-0.1, -0.05) is 90.7 Å². The number of hydrogen-bond acceptors (Lipinski definition) is 0. The molecule has 0 nitrogen and oxygen atoms in total. The molecule has 0 fully saturated rings. The number of rotatable bonds is 15. The summed E-state index contributed by atoms with van der Waals surface area (Å²) in [6.45, 7) is 22.6. The maximum atomic E-state index is 2.44. The molecule has 0 radical (unpaired) electrons. The standard InChI is InChI=1S/C33H56/c1-27(2)17-13-20-30(5)23-14-21-28(3)18-11-12-19-29(4)22-15-24-31(6)25-16-26-32(7)33(8,9)10/h17-19,23-24,26H,11-16,20-22,25H2,1-10H3/b28-18+,29-19+,30-23+,31-24+,32-26?. The first-order valence-electron chi connectivity index (χ1n) is 13.3. The summed E-state index contributed by atoms with van der Waals surface area (Å²) in [5, 5.41) is 0. The third kappa shape index (κ3) is 19.6. The summed E-state index contributed by atoms with van der Waals surface area (Å²) in [7, 11) is 0. The molecule has 0 heteroatoms. The molecule has 0 unspecified atom stereocenters. The Morgan fingerprint density at radius 3 is 1.06 bits per heavy atom. The van der Waals surface area contributed by atoms with Crippen molar-refractivity contribution in [3.05, 3.63) is 69.9 Å². The van der Waals surface area contributed by atoms with E-state index in [4.69, 9.17) is 0 Å². The van der Waals surface area contributed by atoms with Crippen LogP contribution in [0.3, 0.4) is 0 Å². The molecule has 0 bridgehead atoms. The molecule has 0 saturated carbocycles. The molecule has 0 aliphatic carbocycles. The lowest BCUT2D eigenvalue weighted by Gasteiger charge is -2.19. The molecule has 188 valence electrons. The fourth-order valence-electron chi connectivity index (χ4n) is 3.57. The summed E-state index contributed by atoms with van der Waals surface area (Å²) < 4.78 is 0. The van der Waals surface area contributed by atoms with E-state index in [0.717, 1.165) is 6.42 Å². The third-order valence-electron chi connectivity index (χ3n) is 6.48. The Labute approximate surface area is 208 Å². The minimum Gasteiger partial charge on any atom is -0.0856 e. The van der Waals surface area contributed by atoms with Gasteiger partial charge in [-0.3, -0.25) is 0 Å². The number of unbranched alkanes of at least 4 members (excludes halogenated alkanes) is 1. The largest absolute Gasteiger partial charge is 0.0856 e. The summed E-state index contributed by atoms with van der Waals surface area (Å²) >= 11 is 0. The van der Waals surface area contributed by atoms with Crippen LogP contribution in [0.25, 0.3) is 0 Å². The molecule has 0 saturated heterocycles. The zero-order valence-electron chi connectivity index (χ0n) is 24.0. The highest BCUT2D eigenvalue weighted by atomic mass is 14.2. The Kier molecular flexibility index (Phi) is 17.0. The van der Waals surface area contributed by atoms with Crippen molar-refractivity contribution in [2.45, 2.75) is 133 Å². The molecule has 33 heavy (non-hydrogen) atoms. The molecule has 0 heterocycles. The van der Waals surface area contributed by atoms with E-state index in [-0.39, 0.29) is 0 Å². The Balaban J connectivity index is 4.15. The van der Waals surface area contributed by atoms with Gasteiger partial charge in [-0.25, -0.2) is 0 Å². The van der Waals surface area contributed by atoms with Crippen molar-refractivity contribution in [3.8, 4) is 0 Å². The molecule has 0 rings (SSSR count). The van der Waals surface area contributed by atoms with Crippen LogP contribution in [0, 0.1) is 5.41 Å². The van der Waals surface area contributed by atoms with Gasteiger partial charge in [-0.05, 0) is 118 Å². The number of allylic oxidation sites excluding steroid dienone is 12. The van der Waals surface area contributed by atoms with E-state index in [1.807, 2.05) is 0 Å². The van der Waals surface area contributed by atoms with Crippen LogP contribution in [0.1, 0.15) is 133 Å². The van der Waals surface area contributed by atoms with Crippen LogP contribution in [-0.4, -0.2) is 0 Å². The Bertz CT molecular complexity index is 718. The fourth-order valence-corrected chi connectivity index (χ4v) is 3.57. The molecule has 0 aromatic carbocycles. The van der Waals surface area contributed by atoms with Gasteiger partial charge in [0, 0.05) is 0 Å². The van der Waals surface area contributed by atoms with E-state index in [1.54, 1.807) is 0 Å². The summed E-state index contributed by atoms with van der Waals surface area (Å²) in [6.07, 6.45) is 26.3. The topological polar surface area (TPSA) is 0 Å². The SMILES string of the molecule is CC(C)=CCC/C(C)=C/CC/C(C)=C/CC/C=C(\C)CC/C=C(\C)CCC=C(C)C(C)(C)C. The van der Waals surface area contributed by atoms with Crippen LogP contribution in [0.2, 0.25) is 0 Å². The highest BCUT2D eigenvalue weighted by molar-refractivity contribution is 5.10. The van der Waals surface area contributed by atoms with Crippen molar-refractivity contribution < 1.29 is 0 Å². The van der Waals surface area contributed by atoms with Crippen molar-refractivity contribution in [3.63, 3.8) is 0 Å². The predicted molar refractivity (Wildman–Crippen MR) is 154 cm³/mol. The normalized spacial score (nSPS) is 14.7. The van der Waals surface area contributed by atoms with Gasteiger partial charge in [0.1, 0.15) is 0 Å². The van der Waals surface area contributed by atoms with Gasteiger partial charge in [-0.2, -0.15) is 0 Å². The van der Waals surface area contributed by atoms with Gasteiger partial charge < -0.3 is 0 Å². The van der Waals surface area contributed by atoms with Gasteiger partial charge in [-0.15, -0.1) is 0 Å². The Hall–Kier alpha value is -1.56. The van der Waals surface area contributed by atoms with Crippen LogP contribution in [-0.2, 0) is 0 Å². The summed E-state index contributed by atoms with van der Waals surface area (Å²) in [5.74, 6) is 0. The Morgan fingerprint density at radius 1 is 0.424 bits per heavy atom. The summed E-state index contributed by atoms with van der Waals surface area (Å²) in [5.41, 5.74) is 9.34. The zero-order valence-corrected chi connectivity index (χ0v) is 24.0. The molecule has 0 amide bonds. The van der Waals surface area contributed by atoms with Crippen LogP contribution in [0.5, 0.6) is 0 Å². The lowest BCUT2D eigenvalue weighted by atomic mass is 9.87. The van der Waals surface area contributed by atoms with Crippen LogP contribution in [0.4, 0.5) is 0 Å². The molecule has 0 aliphatic heterocycles. The fraction of sp³-hybridized carbons (Fsp3) is 0.636. The molecule has 0 aromatic rings. The lowest BCUT2D eigenvalue weighted by molar-refractivity contribution is 0.501. The first kappa shape index (κ1) is 31.4. The van der Waals surface area contributed by atoms with Gasteiger partial charge in [0.2, 0.25) is 0 Å². The second-order valence-electron chi connectivity index (χ2n) is 11.4. The van der Waals surface area contributed by atoms with Gasteiger partial charge in [0.25, 0.3) is 0 Å². The Morgan fingerprint density at radius 2 is 0.727 bits per heavy atom. The van der Waals surface area contributed by atoms with E-state index < -0.39 is 0 Å². The third-order valence-corrected chi connectivity index (χ3v) is 6.48. The van der Waals surface area contributed by atoms with Gasteiger partial charge in [0.15, 0.2) is 0 Å². The quantitative estimate of drug-likeness (QED) is 0.171. The van der Waals surface area contributed by atoms with Crippen LogP contribution < -0.4 is 0 Å². The van der Waals surface area contributed by atoms with E-state index >= 15 is 0 Å². The molecule has 0 spiro atoms. The predicted octanol–water partition coefficient (Wildman–Crippen LogP) is 11.6. The average Bonchev–Trinajstić information content (AvgIpc) is 2.70. The van der Waals surface area contributed by atoms with Crippen molar-refractivity contribution in [1.82, 2.24) is 0 Å². The maximum Gasteiger partial charge on any atom is -0.0176 e. The van der Waals surface area contributed by atoms with E-state index in [0.29, 0.717) is 5.41 Å². The lowest BCUT2D eigenvalue weighted by Crippen LogP contribution is -2.06. The molecule has 0 aromatic heterocycles.